The average molecular weight is 583 g/mol. The van der Waals surface area contributed by atoms with Crippen LogP contribution in [-0.4, -0.2) is 72.3 Å². The number of pyridine rings is 1. The maximum Gasteiger partial charge on any atom is 0.325 e. The largest absolute Gasteiger partial charge is 0.377 e. The van der Waals surface area contributed by atoms with Gasteiger partial charge in [-0.3, -0.25) is 9.36 Å². The van der Waals surface area contributed by atoms with Crippen LogP contribution in [0.1, 0.15) is 55.5 Å². The minimum absolute atomic E-state index is 0.193. The van der Waals surface area contributed by atoms with Gasteiger partial charge >= 0.3 is 6.03 Å². The zero-order valence-electron chi connectivity index (χ0n) is 25.8. The van der Waals surface area contributed by atoms with E-state index in [0.717, 1.165) is 54.8 Å². The maximum absolute atomic E-state index is 13.2. The molecular formula is C34H42N6O3. The fraction of sp³-hybridized carbons (Fsp3) is 0.382. The highest BCUT2D eigenvalue weighted by Crippen LogP contribution is 2.32. The van der Waals surface area contributed by atoms with E-state index in [2.05, 4.69) is 44.5 Å². The van der Waals surface area contributed by atoms with Crippen LogP contribution in [0.3, 0.4) is 0 Å². The lowest BCUT2D eigenvalue weighted by atomic mass is 9.89. The lowest BCUT2D eigenvalue weighted by molar-refractivity contribution is 0.0308. The number of methoxy groups -OCH3 is 1. The maximum atomic E-state index is 13.2. The normalized spacial score (nSPS) is 14.5. The average Bonchev–Trinajstić information content (AvgIpc) is 3.47. The molecule has 0 spiro atoms. The molecular weight excluding hydrogens is 540 g/mol. The van der Waals surface area contributed by atoms with Crippen molar-refractivity contribution in [3.63, 3.8) is 0 Å². The number of carbonyl (C=O) groups excluding carboxylic acids is 2. The number of benzene rings is 2. The highest BCUT2D eigenvalue weighted by molar-refractivity contribution is 6.04. The molecule has 5 rings (SSSR count). The molecule has 9 nitrogen and oxygen atoms in total. The van der Waals surface area contributed by atoms with Gasteiger partial charge < -0.3 is 25.2 Å². The SMILES string of the molecule is CCN1CCC(c2ccc(C(=O)Nc3cc(N(CC(C)(C)OC)c4ccc5c(ccn5C(=O)NC)c4)ccn3)cc2)CC1. The molecule has 2 N–H and O–H groups in total. The Hall–Kier alpha value is -4.21. The van der Waals surface area contributed by atoms with Gasteiger partial charge in [-0.25, -0.2) is 9.78 Å². The number of piperidine rings is 1. The molecule has 1 saturated heterocycles. The van der Waals surface area contributed by atoms with Gasteiger partial charge in [0.25, 0.3) is 5.91 Å². The quantitative estimate of drug-likeness (QED) is 0.243. The number of rotatable bonds is 9. The van der Waals surface area contributed by atoms with Crippen molar-refractivity contribution in [1.82, 2.24) is 19.8 Å². The van der Waals surface area contributed by atoms with Crippen LogP contribution in [0.4, 0.5) is 22.0 Å². The number of aromatic nitrogens is 2. The predicted octanol–water partition coefficient (Wildman–Crippen LogP) is 6.24. The minimum Gasteiger partial charge on any atom is -0.377 e. The third-order valence-corrected chi connectivity index (χ3v) is 8.49. The van der Waals surface area contributed by atoms with Gasteiger partial charge in [-0.1, -0.05) is 19.1 Å². The first-order chi connectivity index (χ1) is 20.7. The van der Waals surface area contributed by atoms with E-state index in [1.807, 2.05) is 62.4 Å². The van der Waals surface area contributed by atoms with Gasteiger partial charge in [-0.05, 0) is 100 Å². The van der Waals surface area contributed by atoms with E-state index >= 15 is 0 Å². The minimum atomic E-state index is -0.468. The van der Waals surface area contributed by atoms with Crippen molar-refractivity contribution < 1.29 is 14.3 Å². The Morgan fingerprint density at radius 2 is 1.74 bits per heavy atom. The molecule has 0 bridgehead atoms. The fourth-order valence-electron chi connectivity index (χ4n) is 5.71. The zero-order chi connectivity index (χ0) is 30.6. The Labute approximate surface area is 253 Å². The number of hydrogen-bond acceptors (Lipinski definition) is 6. The Kier molecular flexibility index (Phi) is 9.13. The van der Waals surface area contributed by atoms with Gasteiger partial charge in [-0.2, -0.15) is 0 Å². The van der Waals surface area contributed by atoms with Crippen LogP contribution in [0.2, 0.25) is 0 Å². The number of nitrogens with zero attached hydrogens (tertiary/aromatic N) is 4. The van der Waals surface area contributed by atoms with Gasteiger partial charge in [0, 0.05) is 54.9 Å². The number of fused-ring (bicyclic) bond motifs is 1. The fourth-order valence-corrected chi connectivity index (χ4v) is 5.71. The number of carbonyl (C=O) groups is 2. The molecule has 0 saturated carbocycles. The van der Waals surface area contributed by atoms with E-state index in [1.54, 1.807) is 31.1 Å². The summed E-state index contributed by atoms with van der Waals surface area (Å²) in [5, 5.41) is 6.59. The Bertz CT molecular complexity index is 1570. The summed E-state index contributed by atoms with van der Waals surface area (Å²) in [7, 11) is 3.31. The molecule has 0 radical (unpaired) electrons. The second-order valence-electron chi connectivity index (χ2n) is 11.7. The van der Waals surface area contributed by atoms with Gasteiger partial charge in [0.1, 0.15) is 5.82 Å². The van der Waals surface area contributed by atoms with Crippen LogP contribution < -0.4 is 15.5 Å². The molecule has 2 aromatic carbocycles. The van der Waals surface area contributed by atoms with Gasteiger partial charge in [0.2, 0.25) is 0 Å². The number of nitrogens with one attached hydrogen (secondary N) is 2. The predicted molar refractivity (Wildman–Crippen MR) is 173 cm³/mol. The van der Waals surface area contributed by atoms with Crippen LogP contribution in [0.5, 0.6) is 0 Å². The molecule has 2 aromatic heterocycles. The molecule has 2 amide bonds. The molecule has 0 unspecified atom stereocenters. The Balaban J connectivity index is 1.36. The second-order valence-corrected chi connectivity index (χ2v) is 11.7. The Morgan fingerprint density at radius 3 is 2.42 bits per heavy atom. The third kappa shape index (κ3) is 6.89. The third-order valence-electron chi connectivity index (χ3n) is 8.49. The number of amides is 2. The summed E-state index contributed by atoms with van der Waals surface area (Å²) in [6, 6.07) is 19.5. The van der Waals surface area contributed by atoms with Gasteiger partial charge in [0.05, 0.1) is 17.7 Å². The van der Waals surface area contributed by atoms with Crippen molar-refractivity contribution in [3.05, 3.63) is 84.2 Å². The number of hydrogen-bond donors (Lipinski definition) is 2. The van der Waals surface area contributed by atoms with Crippen LogP contribution >= 0.6 is 0 Å². The lowest BCUT2D eigenvalue weighted by Crippen LogP contribution is -2.37. The van der Waals surface area contributed by atoms with E-state index in [-0.39, 0.29) is 11.9 Å². The van der Waals surface area contributed by atoms with Crippen LogP contribution in [0.15, 0.2) is 73.1 Å². The molecule has 4 aromatic rings. The van der Waals surface area contributed by atoms with Crippen molar-refractivity contribution >= 4 is 40.0 Å². The Morgan fingerprint density at radius 1 is 1.02 bits per heavy atom. The highest BCUT2D eigenvalue weighted by Gasteiger charge is 2.24. The first-order valence-electron chi connectivity index (χ1n) is 15.0. The van der Waals surface area contributed by atoms with Crippen molar-refractivity contribution in [2.24, 2.45) is 0 Å². The van der Waals surface area contributed by atoms with Crippen LogP contribution in [0.25, 0.3) is 10.9 Å². The summed E-state index contributed by atoms with van der Waals surface area (Å²) in [5.74, 6) is 0.811. The van der Waals surface area contributed by atoms with E-state index in [1.165, 1.54) is 5.56 Å². The second kappa shape index (κ2) is 13.0. The van der Waals surface area contributed by atoms with E-state index in [4.69, 9.17) is 4.74 Å². The molecule has 1 aliphatic heterocycles. The molecule has 226 valence electrons. The van der Waals surface area contributed by atoms with E-state index in [9.17, 15) is 9.59 Å². The topological polar surface area (TPSA) is 91.7 Å². The molecule has 0 atom stereocenters. The van der Waals surface area contributed by atoms with Crippen molar-refractivity contribution in [2.45, 2.75) is 45.1 Å². The van der Waals surface area contributed by atoms with Gasteiger partial charge in [0.15, 0.2) is 0 Å². The molecule has 1 fully saturated rings. The lowest BCUT2D eigenvalue weighted by Gasteiger charge is -2.33. The van der Waals surface area contributed by atoms with Crippen molar-refractivity contribution in [2.75, 3.05) is 50.6 Å². The summed E-state index contributed by atoms with van der Waals surface area (Å²) in [6.45, 7) is 10.2. The molecule has 9 heteroatoms. The highest BCUT2D eigenvalue weighted by atomic mass is 16.5. The molecule has 0 aliphatic carbocycles. The number of anilines is 3. The zero-order valence-corrected chi connectivity index (χ0v) is 25.8. The van der Waals surface area contributed by atoms with Crippen molar-refractivity contribution in [3.8, 4) is 0 Å². The summed E-state index contributed by atoms with van der Waals surface area (Å²) >= 11 is 0. The monoisotopic (exact) mass is 582 g/mol. The van der Waals surface area contributed by atoms with Crippen molar-refractivity contribution in [1.29, 1.82) is 0 Å². The number of ether oxygens (including phenoxy) is 1. The standard InChI is InChI=1S/C34H42N6O3/c1-6-38-18-14-25(15-19-38)24-7-9-26(10-8-24)32(41)37-31-22-29(13-17-36-31)40(23-34(2,3)43-5)28-11-12-30-27(21-28)16-20-39(30)33(42)35-4/h7-13,16-17,20-22,25H,6,14-15,18-19,23H2,1-5H3,(H,35,42)(H,36,37,41). The van der Waals surface area contributed by atoms with Crippen LogP contribution in [-0.2, 0) is 4.74 Å². The molecule has 1 aliphatic rings. The smallest absolute Gasteiger partial charge is 0.325 e. The summed E-state index contributed by atoms with van der Waals surface area (Å²) in [5.41, 5.74) is 4.03. The summed E-state index contributed by atoms with van der Waals surface area (Å²) in [4.78, 5) is 34.6. The molecule has 3 heterocycles. The van der Waals surface area contributed by atoms with Crippen LogP contribution in [0, 0.1) is 0 Å². The summed E-state index contributed by atoms with van der Waals surface area (Å²) in [6.07, 6.45) is 5.76. The van der Waals surface area contributed by atoms with E-state index in [0.29, 0.717) is 23.8 Å². The summed E-state index contributed by atoms with van der Waals surface area (Å²) < 4.78 is 7.37. The first-order valence-corrected chi connectivity index (χ1v) is 15.0. The molecule has 43 heavy (non-hydrogen) atoms. The number of likely N-dealkylation sites (tertiary alicyclic amines) is 1. The first kappa shape index (κ1) is 30.3. The van der Waals surface area contributed by atoms with Gasteiger partial charge in [-0.15, -0.1) is 0 Å². The van der Waals surface area contributed by atoms with E-state index < -0.39 is 5.60 Å².